The fourth-order valence-electron chi connectivity index (χ4n) is 13.3. The Morgan fingerprint density at radius 1 is 0.315 bits per heavy atom. The molecule has 2 saturated heterocycles. The van der Waals surface area contributed by atoms with Crippen LogP contribution in [0.3, 0.4) is 0 Å². The summed E-state index contributed by atoms with van der Waals surface area (Å²) in [6.07, 6.45) is 4.61. The molecular weight excluding hydrogens is 1590 g/mol. The topological polar surface area (TPSA) is 191 Å². The second kappa shape index (κ2) is 33.4. The number of hydrogen-bond donors (Lipinski definition) is 1. The average Bonchev–Trinajstić information content (AvgIpc) is 1.74. The number of piperazine rings is 2. The normalized spacial score (nSPS) is 13.7. The molecule has 20 nitrogen and oxygen atoms in total. The highest BCUT2D eigenvalue weighted by molar-refractivity contribution is 6.38. The maximum absolute atomic E-state index is 13.9. The van der Waals surface area contributed by atoms with Crippen LogP contribution < -0.4 is 16.7 Å². The quantitative estimate of drug-likeness (QED) is 0.108. The van der Waals surface area contributed by atoms with E-state index in [0.717, 1.165) is 82.4 Å². The van der Waals surface area contributed by atoms with Gasteiger partial charge in [0.1, 0.15) is 16.2 Å². The van der Waals surface area contributed by atoms with Gasteiger partial charge in [-0.15, -0.1) is 0 Å². The van der Waals surface area contributed by atoms with Crippen LogP contribution in [0.25, 0.3) is 101 Å². The number of likely N-dealkylation sites (N-methyl/N-ethyl adjacent to an activating group) is 2. The van der Waals surface area contributed by atoms with Gasteiger partial charge in [0.15, 0.2) is 34.4 Å². The van der Waals surface area contributed by atoms with Gasteiger partial charge in [-0.25, -0.2) is 29.0 Å². The van der Waals surface area contributed by atoms with Crippen LogP contribution in [0.2, 0.25) is 45.2 Å². The molecule has 29 heteroatoms. The lowest BCUT2D eigenvalue weighted by molar-refractivity contribution is 0.148. The zero-order valence-electron chi connectivity index (χ0n) is 59.3. The molecule has 17 rings (SSSR count). The molecule has 111 heavy (non-hydrogen) atoms. The number of aliphatic hydroxyl groups excluding tert-OH is 1. The van der Waals surface area contributed by atoms with Crippen molar-refractivity contribution in [1.29, 1.82) is 0 Å². The van der Waals surface area contributed by atoms with Gasteiger partial charge in [-0.05, 0) is 195 Å². The van der Waals surface area contributed by atoms with Crippen molar-refractivity contribution in [3.63, 3.8) is 0 Å². The minimum Gasteiger partial charge on any atom is -0.392 e. The number of fused-ring (bicyclic) bond motifs is 3. The molecule has 0 atom stereocenters. The Hall–Kier alpha value is -9.56. The summed E-state index contributed by atoms with van der Waals surface area (Å²) in [6, 6.07) is 59.8. The van der Waals surface area contributed by atoms with E-state index >= 15 is 0 Å². The number of halogens is 9. The number of rotatable bonds is 14. The summed E-state index contributed by atoms with van der Waals surface area (Å²) < 4.78 is 9.50. The number of aromatic nitrogens is 12. The highest BCUT2D eigenvalue weighted by Gasteiger charge is 2.26. The summed E-state index contributed by atoms with van der Waals surface area (Å²) in [5, 5.41) is 28.2. The summed E-state index contributed by atoms with van der Waals surface area (Å²) in [5.41, 5.74) is 9.48. The molecule has 6 aromatic heterocycles. The Balaban J connectivity index is 0.000000133. The fourth-order valence-corrected chi connectivity index (χ4v) is 15.1. The molecule has 0 unspecified atom stereocenters. The van der Waals surface area contributed by atoms with Gasteiger partial charge in [-0.2, -0.15) is 15.3 Å². The van der Waals surface area contributed by atoms with E-state index in [1.807, 2.05) is 24.3 Å². The van der Waals surface area contributed by atoms with Gasteiger partial charge < -0.3 is 14.9 Å². The van der Waals surface area contributed by atoms with E-state index in [1.54, 1.807) is 178 Å². The molecule has 15 aromatic rings. The lowest BCUT2D eigenvalue weighted by Gasteiger charge is -2.32. The molecule has 560 valence electrons. The molecule has 0 aliphatic carbocycles. The number of aliphatic hydroxyl groups is 1. The first-order valence-corrected chi connectivity index (χ1v) is 38.5. The van der Waals surface area contributed by atoms with Crippen molar-refractivity contribution in [2.45, 2.75) is 19.7 Å². The Morgan fingerprint density at radius 2 is 0.568 bits per heavy atom. The third-order valence-electron chi connectivity index (χ3n) is 19.3. The van der Waals surface area contributed by atoms with Gasteiger partial charge in [-0.1, -0.05) is 141 Å². The lowest BCUT2D eigenvalue weighted by atomic mass is 10.1. The van der Waals surface area contributed by atoms with Crippen LogP contribution in [-0.4, -0.2) is 149 Å². The molecule has 2 aliphatic rings. The molecule has 8 heterocycles. The summed E-state index contributed by atoms with van der Waals surface area (Å²) in [5.74, 6) is 1.10. The van der Waals surface area contributed by atoms with E-state index < -0.39 is 0 Å². The number of nitrogens with zero attached hydrogens (tertiary/aromatic N) is 16. The molecule has 0 radical (unpaired) electrons. The maximum atomic E-state index is 13.9. The van der Waals surface area contributed by atoms with Gasteiger partial charge in [-0.3, -0.25) is 37.9 Å². The highest BCUT2D eigenvalue weighted by Crippen LogP contribution is 2.36. The van der Waals surface area contributed by atoms with E-state index in [1.165, 1.54) is 31.0 Å². The van der Waals surface area contributed by atoms with Crippen molar-refractivity contribution in [3.05, 3.63) is 312 Å². The van der Waals surface area contributed by atoms with Crippen LogP contribution in [0.5, 0.6) is 0 Å². The molecule has 2 aliphatic heterocycles. The van der Waals surface area contributed by atoms with Crippen molar-refractivity contribution in [2.24, 2.45) is 0 Å². The second-order valence-corrected chi connectivity index (χ2v) is 30.6. The maximum Gasteiger partial charge on any atom is 0.269 e. The average molecular weight is 1660 g/mol. The molecular formula is C82H65Cl9N16O4. The lowest BCUT2D eigenvalue weighted by Crippen LogP contribution is -2.43. The molecule has 0 amide bonds. The first kappa shape index (κ1) is 76.8. The SMILES string of the molecule is CN1CCN(Cc2ccc(-n3ncc4c(=O)n(-c5ccc(Cl)cc5)c(-c5ccc(Cl)cc5Cl)nc43)cc2)CC1.CN1CCN(Cc2ccc(-n3ncc4c(=O)n(-c5ccc(Cl)cc5)c(-c5ccc(Cl)cc5Cl)nc43)cc2)CC1.O=c1c2cnn(-c3ccc(CO)cc3)c2nc(-c2ccc(Cl)cc2Cl)n1-c1ccc(Cl)cc1. The van der Waals surface area contributed by atoms with Gasteiger partial charge >= 0.3 is 0 Å². The van der Waals surface area contributed by atoms with Crippen molar-refractivity contribution in [3.8, 4) is 68.3 Å². The summed E-state index contributed by atoms with van der Waals surface area (Å²) >= 11 is 56.4. The minimum atomic E-state index is -0.304. The smallest absolute Gasteiger partial charge is 0.269 e. The number of hydrogen-bond acceptors (Lipinski definition) is 14. The Labute approximate surface area is 681 Å². The Morgan fingerprint density at radius 3 is 0.829 bits per heavy atom. The third-order valence-corrected chi connectivity index (χ3v) is 21.7. The monoisotopic (exact) mass is 1650 g/mol. The first-order chi connectivity index (χ1) is 53.7. The molecule has 0 saturated carbocycles. The zero-order valence-corrected chi connectivity index (χ0v) is 66.1. The first-order valence-electron chi connectivity index (χ1n) is 35.1. The van der Waals surface area contributed by atoms with Crippen LogP contribution in [-0.2, 0) is 19.7 Å². The van der Waals surface area contributed by atoms with E-state index in [-0.39, 0.29) is 23.3 Å². The van der Waals surface area contributed by atoms with Crippen LogP contribution in [0, 0.1) is 0 Å². The largest absolute Gasteiger partial charge is 0.392 e. The highest BCUT2D eigenvalue weighted by atomic mass is 35.5. The van der Waals surface area contributed by atoms with Crippen molar-refractivity contribution >= 4 is 138 Å². The predicted octanol–water partition coefficient (Wildman–Crippen LogP) is 17.6. The molecule has 9 aromatic carbocycles. The van der Waals surface area contributed by atoms with Gasteiger partial charge in [0, 0.05) is 112 Å². The minimum absolute atomic E-state index is 0.0661. The molecule has 0 spiro atoms. The Bertz CT molecular complexity index is 5880. The van der Waals surface area contributed by atoms with Crippen LogP contribution in [0.15, 0.2) is 233 Å². The molecule has 1 N–H and O–H groups in total. The van der Waals surface area contributed by atoms with Crippen LogP contribution in [0.4, 0.5) is 0 Å². The van der Waals surface area contributed by atoms with E-state index in [9.17, 15) is 19.5 Å². The van der Waals surface area contributed by atoms with E-state index in [2.05, 4.69) is 73.3 Å². The summed E-state index contributed by atoms with van der Waals surface area (Å²) in [7, 11) is 4.32. The third kappa shape index (κ3) is 16.6. The standard InChI is InChI=1S/2C29H25Cl3N6O.C24H15Cl3N4O2/c2*1-35-12-14-36(15-13-35)18-19-2-7-23(8-3-19)38-28-25(17-33-38)29(39)37(22-9-4-20(30)5-10-22)27(34-28)24-11-6-21(31)16-26(24)32;25-15-3-8-17(9-4-15)30-22(19-10-5-16(26)11-21(19)27)29-23-20(24(30)33)12-28-31(23)18-6-1-14(13-32)2-7-18/h2*2-11,16-17H,12-15,18H2,1H3;1-12,32H,13H2. The zero-order chi connectivity index (χ0) is 77.3. The van der Waals surface area contributed by atoms with Gasteiger partial charge in [0.2, 0.25) is 0 Å². The molecule has 2 fully saturated rings. The van der Waals surface area contributed by atoms with Crippen molar-refractivity contribution in [2.75, 3.05) is 66.5 Å². The van der Waals surface area contributed by atoms with Crippen LogP contribution >= 0.6 is 104 Å². The fraction of sp³-hybridized carbons (Fsp3) is 0.159. The van der Waals surface area contributed by atoms with Gasteiger partial charge in [0.25, 0.3) is 16.7 Å². The van der Waals surface area contributed by atoms with E-state index in [4.69, 9.17) is 119 Å². The summed E-state index contributed by atoms with van der Waals surface area (Å²) in [6.45, 7) is 10.3. The van der Waals surface area contributed by atoms with Gasteiger partial charge in [0.05, 0.1) is 74.4 Å². The van der Waals surface area contributed by atoms with E-state index in [0.29, 0.717) is 135 Å². The molecule has 0 bridgehead atoms. The van der Waals surface area contributed by atoms with Crippen LogP contribution in [0.1, 0.15) is 16.7 Å². The predicted molar refractivity (Wildman–Crippen MR) is 446 cm³/mol. The Kier molecular flexibility index (Phi) is 23.1. The van der Waals surface area contributed by atoms with Crippen molar-refractivity contribution in [1.82, 2.24) is 77.6 Å². The summed E-state index contributed by atoms with van der Waals surface area (Å²) in [4.78, 5) is 65.8. The van der Waals surface area contributed by atoms with Crippen molar-refractivity contribution < 1.29 is 5.11 Å². The second-order valence-electron chi connectivity index (χ2n) is 26.7. The number of benzene rings is 9.